The molecule has 6 nitrogen and oxygen atoms in total. The topological polar surface area (TPSA) is 59.8 Å². The highest BCUT2D eigenvalue weighted by Gasteiger charge is 2.42. The molecule has 1 N–H and O–H groups in total. The van der Waals surface area contributed by atoms with Gasteiger partial charge in [-0.25, -0.2) is 0 Å². The van der Waals surface area contributed by atoms with Crippen molar-refractivity contribution in [3.8, 4) is 17.1 Å². The number of rotatable bonds is 7. The number of furan rings is 1. The fourth-order valence-electron chi connectivity index (χ4n) is 4.47. The Kier molecular flexibility index (Phi) is 6.10. The van der Waals surface area contributed by atoms with Crippen molar-refractivity contribution in [2.24, 2.45) is 0 Å². The van der Waals surface area contributed by atoms with Gasteiger partial charge < -0.3 is 24.1 Å². The molecule has 0 bridgehead atoms. The largest absolute Gasteiger partial charge is 0.494 e. The van der Waals surface area contributed by atoms with E-state index in [0.717, 1.165) is 54.5 Å². The predicted molar refractivity (Wildman–Crippen MR) is 126 cm³/mol. The van der Waals surface area contributed by atoms with Crippen LogP contribution in [0.3, 0.4) is 0 Å². The van der Waals surface area contributed by atoms with Gasteiger partial charge in [-0.3, -0.25) is 4.98 Å². The second kappa shape index (κ2) is 9.30. The molecule has 166 valence electrons. The van der Waals surface area contributed by atoms with Crippen LogP contribution in [0.15, 0.2) is 65.2 Å². The van der Waals surface area contributed by atoms with Crippen LogP contribution in [0, 0.1) is 0 Å². The molecular formula is C25H27N3O3S. The van der Waals surface area contributed by atoms with Crippen LogP contribution in [0.2, 0.25) is 0 Å². The van der Waals surface area contributed by atoms with E-state index in [1.807, 2.05) is 67.7 Å². The molecule has 2 aliphatic rings. The zero-order valence-corrected chi connectivity index (χ0v) is 18.9. The number of hydrogen-bond donors (Lipinski definition) is 1. The smallest absolute Gasteiger partial charge is 0.170 e. The van der Waals surface area contributed by atoms with Crippen LogP contribution in [-0.4, -0.2) is 40.9 Å². The third kappa shape index (κ3) is 4.23. The molecule has 0 radical (unpaired) electrons. The van der Waals surface area contributed by atoms with E-state index >= 15 is 0 Å². The highest BCUT2D eigenvalue weighted by atomic mass is 32.1. The zero-order valence-electron chi connectivity index (χ0n) is 18.1. The molecule has 5 rings (SSSR count). The van der Waals surface area contributed by atoms with E-state index in [1.165, 1.54) is 0 Å². The van der Waals surface area contributed by atoms with Crippen LogP contribution in [-0.2, 0) is 4.74 Å². The van der Waals surface area contributed by atoms with Gasteiger partial charge in [-0.05, 0) is 80.5 Å². The van der Waals surface area contributed by atoms with Crippen LogP contribution < -0.4 is 10.1 Å². The molecule has 3 aromatic rings. The lowest BCUT2D eigenvalue weighted by atomic mass is 10.0. The Morgan fingerprint density at radius 3 is 2.75 bits per heavy atom. The molecular weight excluding hydrogens is 422 g/mol. The molecule has 2 aromatic heterocycles. The number of nitrogens with one attached hydrogen (secondary N) is 1. The Balaban J connectivity index is 1.46. The molecule has 32 heavy (non-hydrogen) atoms. The van der Waals surface area contributed by atoms with Gasteiger partial charge in [0.05, 0.1) is 24.4 Å². The molecule has 2 fully saturated rings. The first-order valence-electron chi connectivity index (χ1n) is 11.2. The SMILES string of the molecule is CCOc1ccc(-c2ccc([C@@H]3[C@H](c4ccccn4)NC(=S)N3C[C@@H]3CCCO3)o2)cc1. The molecule has 0 aliphatic carbocycles. The van der Waals surface area contributed by atoms with E-state index in [1.54, 1.807) is 0 Å². The van der Waals surface area contributed by atoms with Crippen LogP contribution >= 0.6 is 12.2 Å². The first-order valence-corrected chi connectivity index (χ1v) is 11.6. The van der Waals surface area contributed by atoms with Crippen LogP contribution in [0.4, 0.5) is 0 Å². The first kappa shape index (κ1) is 21.0. The Morgan fingerprint density at radius 1 is 1.16 bits per heavy atom. The molecule has 0 amide bonds. The Hall–Kier alpha value is -2.90. The first-order chi connectivity index (χ1) is 15.7. The van der Waals surface area contributed by atoms with E-state index < -0.39 is 0 Å². The van der Waals surface area contributed by atoms with Gasteiger partial charge in [0.25, 0.3) is 0 Å². The van der Waals surface area contributed by atoms with Gasteiger partial charge in [0.15, 0.2) is 5.11 Å². The van der Waals surface area contributed by atoms with Gasteiger partial charge >= 0.3 is 0 Å². The van der Waals surface area contributed by atoms with Crippen molar-refractivity contribution in [2.75, 3.05) is 19.8 Å². The molecule has 2 saturated heterocycles. The number of benzene rings is 1. The predicted octanol–water partition coefficient (Wildman–Crippen LogP) is 4.89. The highest BCUT2D eigenvalue weighted by Crippen LogP contribution is 2.41. The van der Waals surface area contributed by atoms with Crippen LogP contribution in [0.1, 0.15) is 43.3 Å². The molecule has 0 unspecified atom stereocenters. The number of ether oxygens (including phenoxy) is 2. The van der Waals surface area contributed by atoms with Gasteiger partial charge in [0.1, 0.15) is 23.3 Å². The normalized spacial score (nSPS) is 22.8. The minimum Gasteiger partial charge on any atom is -0.494 e. The standard InChI is InChI=1S/C25H27N3O3S/c1-2-29-18-10-8-17(9-11-18)21-12-13-22(31-21)24-23(20-7-3-4-14-26-20)27-25(32)28(24)16-19-6-5-15-30-19/h3-4,7-14,19,23-24H,2,5-6,15-16H2,1H3,(H,27,32)/t19-,23-,24+/m0/s1. The van der Waals surface area contributed by atoms with Crippen molar-refractivity contribution in [1.29, 1.82) is 0 Å². The van der Waals surface area contributed by atoms with Crippen molar-refractivity contribution >= 4 is 17.3 Å². The third-order valence-corrected chi connectivity index (χ3v) is 6.34. The monoisotopic (exact) mass is 449 g/mol. The maximum absolute atomic E-state index is 6.40. The summed E-state index contributed by atoms with van der Waals surface area (Å²) in [6.45, 7) is 4.18. The van der Waals surface area contributed by atoms with Gasteiger partial charge in [-0.2, -0.15) is 0 Å². The summed E-state index contributed by atoms with van der Waals surface area (Å²) in [6, 6.07) is 17.8. The van der Waals surface area contributed by atoms with E-state index in [9.17, 15) is 0 Å². The van der Waals surface area contributed by atoms with E-state index in [2.05, 4.69) is 15.2 Å². The number of hydrogen-bond acceptors (Lipinski definition) is 5. The number of nitrogens with zero attached hydrogens (tertiary/aromatic N) is 2. The second-order valence-electron chi connectivity index (χ2n) is 8.07. The van der Waals surface area contributed by atoms with Crippen molar-refractivity contribution < 1.29 is 13.9 Å². The summed E-state index contributed by atoms with van der Waals surface area (Å²) in [5.74, 6) is 2.53. The minimum atomic E-state index is -0.0990. The Bertz CT molecular complexity index is 1050. The summed E-state index contributed by atoms with van der Waals surface area (Å²) in [5, 5.41) is 4.18. The number of pyridine rings is 1. The summed E-state index contributed by atoms with van der Waals surface area (Å²) < 4.78 is 17.9. The summed E-state index contributed by atoms with van der Waals surface area (Å²) in [5.41, 5.74) is 1.95. The highest BCUT2D eigenvalue weighted by molar-refractivity contribution is 7.80. The van der Waals surface area contributed by atoms with Gasteiger partial charge in [0.2, 0.25) is 0 Å². The molecule has 1 aromatic carbocycles. The maximum Gasteiger partial charge on any atom is 0.170 e. The zero-order chi connectivity index (χ0) is 21.9. The molecule has 7 heteroatoms. The van der Waals surface area contributed by atoms with Crippen LogP contribution in [0.5, 0.6) is 5.75 Å². The summed E-state index contributed by atoms with van der Waals surface area (Å²) in [7, 11) is 0. The Morgan fingerprint density at radius 2 is 2.03 bits per heavy atom. The molecule has 2 aliphatic heterocycles. The lowest BCUT2D eigenvalue weighted by Gasteiger charge is -2.28. The lowest BCUT2D eigenvalue weighted by Crippen LogP contribution is -2.36. The molecule has 4 heterocycles. The summed E-state index contributed by atoms with van der Waals surface area (Å²) in [6.07, 6.45) is 4.14. The van der Waals surface area contributed by atoms with E-state index in [-0.39, 0.29) is 18.2 Å². The average molecular weight is 450 g/mol. The van der Waals surface area contributed by atoms with Gasteiger partial charge in [0, 0.05) is 24.9 Å². The lowest BCUT2D eigenvalue weighted by molar-refractivity contribution is 0.0818. The van der Waals surface area contributed by atoms with Crippen LogP contribution in [0.25, 0.3) is 11.3 Å². The van der Waals surface area contributed by atoms with Crippen molar-refractivity contribution in [2.45, 2.75) is 38.0 Å². The van der Waals surface area contributed by atoms with Gasteiger partial charge in [-0.1, -0.05) is 6.07 Å². The van der Waals surface area contributed by atoms with Gasteiger partial charge in [-0.15, -0.1) is 0 Å². The van der Waals surface area contributed by atoms with E-state index in [4.69, 9.17) is 26.1 Å². The quantitative estimate of drug-likeness (QED) is 0.515. The molecule has 3 atom stereocenters. The third-order valence-electron chi connectivity index (χ3n) is 5.99. The van der Waals surface area contributed by atoms with Crippen molar-refractivity contribution in [3.05, 3.63) is 72.2 Å². The van der Waals surface area contributed by atoms with Crippen molar-refractivity contribution in [3.63, 3.8) is 0 Å². The number of aromatic nitrogens is 1. The fraction of sp³-hybridized carbons (Fsp3) is 0.360. The van der Waals surface area contributed by atoms with Crippen molar-refractivity contribution in [1.82, 2.24) is 15.2 Å². The average Bonchev–Trinajstić information content (AvgIpc) is 3.57. The summed E-state index contributed by atoms with van der Waals surface area (Å²) in [4.78, 5) is 6.79. The maximum atomic E-state index is 6.40. The number of thiocarbonyl (C=S) groups is 1. The van der Waals surface area contributed by atoms with E-state index in [0.29, 0.717) is 11.7 Å². The molecule has 0 spiro atoms. The Labute approximate surface area is 193 Å². The summed E-state index contributed by atoms with van der Waals surface area (Å²) >= 11 is 5.74. The minimum absolute atomic E-state index is 0.0931. The second-order valence-corrected chi connectivity index (χ2v) is 8.46. The fourth-order valence-corrected chi connectivity index (χ4v) is 4.78. The molecule has 0 saturated carbocycles.